The van der Waals surface area contributed by atoms with E-state index in [9.17, 15) is 18.0 Å². The molecule has 0 spiro atoms. The molecule has 1 atom stereocenters. The van der Waals surface area contributed by atoms with Crippen LogP contribution in [0.3, 0.4) is 0 Å². The number of rotatable bonds is 4. The average Bonchev–Trinajstić information content (AvgIpc) is 3.12. The molecule has 29 heavy (non-hydrogen) atoms. The van der Waals surface area contributed by atoms with E-state index >= 15 is 0 Å². The number of H-pyrrole nitrogens is 2. The Labute approximate surface area is 163 Å². The largest absolute Gasteiger partial charge is 0.413 e. The molecule has 3 N–H and O–H groups in total. The van der Waals surface area contributed by atoms with E-state index in [2.05, 4.69) is 20.3 Å². The van der Waals surface area contributed by atoms with Crippen molar-refractivity contribution in [1.29, 1.82) is 0 Å². The van der Waals surface area contributed by atoms with Crippen LogP contribution in [0.5, 0.6) is 0 Å². The number of carbonyl (C=O) groups excluding carboxylic acids is 1. The highest BCUT2D eigenvalue weighted by molar-refractivity contribution is 5.91. The Morgan fingerprint density at radius 2 is 1.93 bits per heavy atom. The summed E-state index contributed by atoms with van der Waals surface area (Å²) < 4.78 is 42.4. The average molecular weight is 399 g/mol. The first-order chi connectivity index (χ1) is 13.9. The Balaban J connectivity index is 1.76. The lowest BCUT2D eigenvalue weighted by atomic mass is 10.1. The number of amides is 1. The summed E-state index contributed by atoms with van der Waals surface area (Å²) in [4.78, 5) is 22.4. The van der Waals surface area contributed by atoms with Crippen LogP contribution in [0.4, 0.5) is 13.2 Å². The minimum atomic E-state index is -4.66. The van der Waals surface area contributed by atoms with Crippen LogP contribution in [0, 0.1) is 0 Å². The standard InChI is InChI=1S/C20H14F3N5O/c21-20(22,23)17(14-4-3-8-25-12-14)27-19(29)18-26-16(13-6-9-24-10-7-13)15-5-1-2-11-28(15)18/h1-12,17H,(H,27,29)/p+2. The number of hydrogen-bond acceptors (Lipinski definition) is 2. The van der Waals surface area contributed by atoms with Gasteiger partial charge in [-0.25, -0.2) is 9.97 Å². The molecule has 6 nitrogen and oxygen atoms in total. The van der Waals surface area contributed by atoms with E-state index in [1.54, 1.807) is 48.9 Å². The van der Waals surface area contributed by atoms with Gasteiger partial charge in [-0.2, -0.15) is 17.6 Å². The zero-order chi connectivity index (χ0) is 20.4. The maximum atomic E-state index is 13.6. The third-order valence-electron chi connectivity index (χ3n) is 4.45. The third kappa shape index (κ3) is 3.66. The normalized spacial score (nSPS) is 12.7. The molecule has 9 heteroatoms. The van der Waals surface area contributed by atoms with Gasteiger partial charge in [0.15, 0.2) is 29.6 Å². The number of aromatic amines is 2. The van der Waals surface area contributed by atoms with Gasteiger partial charge in [0.1, 0.15) is 0 Å². The van der Waals surface area contributed by atoms with Crippen LogP contribution >= 0.6 is 0 Å². The van der Waals surface area contributed by atoms with Crippen LogP contribution in [0.2, 0.25) is 0 Å². The van der Waals surface area contributed by atoms with Gasteiger partial charge in [-0.1, -0.05) is 6.07 Å². The lowest BCUT2D eigenvalue weighted by molar-refractivity contribution is -0.514. The van der Waals surface area contributed by atoms with E-state index in [0.29, 0.717) is 11.2 Å². The number of halogens is 3. The van der Waals surface area contributed by atoms with Gasteiger partial charge in [-0.3, -0.25) is 9.78 Å². The minimum absolute atomic E-state index is 0.0124. The van der Waals surface area contributed by atoms with Gasteiger partial charge in [-0.15, -0.1) is 0 Å². The summed E-state index contributed by atoms with van der Waals surface area (Å²) in [5.41, 5.74) is 1.92. The third-order valence-corrected chi connectivity index (χ3v) is 4.45. The predicted octanol–water partition coefficient (Wildman–Crippen LogP) is 2.66. The summed E-state index contributed by atoms with van der Waals surface area (Å²) in [6.45, 7) is 0. The van der Waals surface area contributed by atoms with Crippen molar-refractivity contribution in [2.75, 3.05) is 0 Å². The van der Waals surface area contributed by atoms with E-state index in [-0.39, 0.29) is 11.4 Å². The van der Waals surface area contributed by atoms with Crippen molar-refractivity contribution in [3.63, 3.8) is 0 Å². The number of pyridine rings is 3. The molecule has 4 aromatic rings. The smallest absolute Gasteiger partial charge is 0.330 e. The van der Waals surface area contributed by atoms with Crippen molar-refractivity contribution in [3.8, 4) is 11.3 Å². The summed E-state index contributed by atoms with van der Waals surface area (Å²) in [5, 5.41) is 2.10. The Morgan fingerprint density at radius 3 is 2.62 bits per heavy atom. The minimum Gasteiger partial charge on any atom is -0.330 e. The summed E-state index contributed by atoms with van der Waals surface area (Å²) in [7, 11) is 0. The van der Waals surface area contributed by atoms with E-state index in [0.717, 1.165) is 5.56 Å². The van der Waals surface area contributed by atoms with Gasteiger partial charge >= 0.3 is 17.9 Å². The first-order valence-electron chi connectivity index (χ1n) is 8.71. The van der Waals surface area contributed by atoms with Crippen LogP contribution < -0.4 is 14.7 Å². The van der Waals surface area contributed by atoms with E-state index < -0.39 is 18.1 Å². The lowest BCUT2D eigenvalue weighted by Crippen LogP contribution is -2.42. The molecule has 1 amide bonds. The number of alkyl halides is 3. The summed E-state index contributed by atoms with van der Waals surface area (Å²) in [5.74, 6) is -0.890. The molecule has 0 aliphatic carbocycles. The van der Waals surface area contributed by atoms with E-state index in [4.69, 9.17) is 0 Å². The number of fused-ring (bicyclic) bond motifs is 1. The van der Waals surface area contributed by atoms with E-state index in [1.165, 1.54) is 28.9 Å². The van der Waals surface area contributed by atoms with Gasteiger partial charge in [0.05, 0.1) is 6.20 Å². The molecule has 0 aliphatic rings. The van der Waals surface area contributed by atoms with Gasteiger partial charge in [0, 0.05) is 29.6 Å². The van der Waals surface area contributed by atoms with Crippen LogP contribution in [-0.4, -0.2) is 22.1 Å². The Morgan fingerprint density at radius 1 is 1.14 bits per heavy atom. The molecule has 1 unspecified atom stereocenters. The highest BCUT2D eigenvalue weighted by Gasteiger charge is 2.44. The maximum Gasteiger partial charge on any atom is 0.413 e. The maximum absolute atomic E-state index is 13.6. The number of hydrogen-bond donors (Lipinski definition) is 2. The number of aromatic nitrogens is 4. The van der Waals surface area contributed by atoms with Gasteiger partial charge in [-0.05, 0) is 30.3 Å². The monoisotopic (exact) mass is 399 g/mol. The number of nitrogens with one attached hydrogen (secondary N) is 3. The van der Waals surface area contributed by atoms with Crippen molar-refractivity contribution >= 4 is 11.4 Å². The molecule has 0 saturated heterocycles. The van der Waals surface area contributed by atoms with Crippen molar-refractivity contribution in [3.05, 3.63) is 84.8 Å². The molecule has 0 aliphatic heterocycles. The van der Waals surface area contributed by atoms with Crippen LogP contribution in [-0.2, 0) is 0 Å². The van der Waals surface area contributed by atoms with Gasteiger partial charge in [0.2, 0.25) is 0 Å². The molecule has 4 heterocycles. The second kappa shape index (κ2) is 7.34. The number of imidazole rings is 1. The quantitative estimate of drug-likeness (QED) is 0.518. The SMILES string of the molecule is O=C(NC(c1ccc[nH+]c1)C(F)(F)F)c1[nH]c(-c2ccncc2)c2cccc[n+]12. The highest BCUT2D eigenvalue weighted by atomic mass is 19.4. The summed E-state index contributed by atoms with van der Waals surface area (Å²) in [6.07, 6.45) is 2.85. The van der Waals surface area contributed by atoms with Crippen LogP contribution in [0.1, 0.15) is 22.2 Å². The second-order valence-corrected chi connectivity index (χ2v) is 6.33. The number of carbonyl (C=O) groups is 1. The molecular weight excluding hydrogens is 383 g/mol. The van der Waals surface area contributed by atoms with Gasteiger partial charge < -0.3 is 5.32 Å². The molecule has 0 aromatic carbocycles. The van der Waals surface area contributed by atoms with Crippen LogP contribution in [0.15, 0.2) is 73.4 Å². The Bertz CT molecular complexity index is 1140. The first kappa shape index (κ1) is 18.6. The highest BCUT2D eigenvalue weighted by Crippen LogP contribution is 2.32. The van der Waals surface area contributed by atoms with Crippen LogP contribution in [0.25, 0.3) is 16.8 Å². The Kier molecular flexibility index (Phi) is 4.71. The zero-order valence-corrected chi connectivity index (χ0v) is 14.9. The van der Waals surface area contributed by atoms with Crippen molar-refractivity contribution in [2.45, 2.75) is 12.2 Å². The molecule has 0 saturated carbocycles. The Hall–Kier alpha value is -3.75. The lowest BCUT2D eigenvalue weighted by Gasteiger charge is -2.19. The molecule has 4 rings (SSSR count). The molecule has 146 valence electrons. The summed E-state index contributed by atoms with van der Waals surface area (Å²) in [6, 6.07) is 9.35. The number of nitrogens with zero attached hydrogens (tertiary/aromatic N) is 2. The fourth-order valence-corrected chi connectivity index (χ4v) is 3.13. The van der Waals surface area contributed by atoms with Crippen molar-refractivity contribution < 1.29 is 27.4 Å². The van der Waals surface area contributed by atoms with Gasteiger partial charge in [0.25, 0.3) is 0 Å². The predicted molar refractivity (Wildman–Crippen MR) is 96.4 cm³/mol. The fraction of sp³-hybridized carbons (Fsp3) is 0.100. The first-order valence-corrected chi connectivity index (χ1v) is 8.71. The molecular formula is C20H16F3N5O+2. The van der Waals surface area contributed by atoms with Crippen molar-refractivity contribution in [2.24, 2.45) is 0 Å². The molecule has 0 bridgehead atoms. The molecule has 0 fully saturated rings. The fourth-order valence-electron chi connectivity index (χ4n) is 3.13. The zero-order valence-electron chi connectivity index (χ0n) is 14.9. The second-order valence-electron chi connectivity index (χ2n) is 6.33. The molecule has 4 aromatic heterocycles. The molecule has 0 radical (unpaired) electrons. The summed E-state index contributed by atoms with van der Waals surface area (Å²) >= 11 is 0. The van der Waals surface area contributed by atoms with Crippen molar-refractivity contribution in [1.82, 2.24) is 15.3 Å². The topological polar surface area (TPSA) is 76.0 Å². The van der Waals surface area contributed by atoms with E-state index in [1.807, 2.05) is 0 Å².